The van der Waals surface area contributed by atoms with Crippen LogP contribution in [0, 0.1) is 6.92 Å². The van der Waals surface area contributed by atoms with E-state index in [4.69, 9.17) is 9.84 Å². The number of pyridine rings is 1. The first-order chi connectivity index (χ1) is 15.1. The van der Waals surface area contributed by atoms with E-state index in [0.29, 0.717) is 6.54 Å². The van der Waals surface area contributed by atoms with Crippen molar-refractivity contribution in [1.29, 1.82) is 0 Å². The second-order valence-corrected chi connectivity index (χ2v) is 7.08. The van der Waals surface area contributed by atoms with Crippen molar-refractivity contribution in [2.24, 2.45) is 0 Å². The van der Waals surface area contributed by atoms with Gasteiger partial charge in [-0.1, -0.05) is 6.07 Å². The predicted molar refractivity (Wildman–Crippen MR) is 111 cm³/mol. The van der Waals surface area contributed by atoms with Crippen LogP contribution in [0.1, 0.15) is 27.9 Å². The molecule has 11 heteroatoms. The van der Waals surface area contributed by atoms with E-state index < -0.39 is 42.6 Å². The molecule has 0 saturated heterocycles. The molecule has 1 aromatic carbocycles. The normalized spacial score (nSPS) is 14.5. The van der Waals surface area contributed by atoms with Gasteiger partial charge in [-0.25, -0.2) is 9.78 Å². The van der Waals surface area contributed by atoms with Crippen LogP contribution >= 0.6 is 0 Å². The maximum atomic E-state index is 13.2. The molecular formula is C21H26F3N3O5. The highest BCUT2D eigenvalue weighted by molar-refractivity contribution is 5.95. The number of anilines is 2. The van der Waals surface area contributed by atoms with Gasteiger partial charge in [0.25, 0.3) is 0 Å². The van der Waals surface area contributed by atoms with E-state index in [9.17, 15) is 28.2 Å². The molecular weight excluding hydrogens is 431 g/mol. The lowest BCUT2D eigenvalue weighted by atomic mass is 10.0. The Balaban J connectivity index is 2.30. The van der Waals surface area contributed by atoms with Gasteiger partial charge in [0.1, 0.15) is 29.7 Å². The number of aromatic nitrogens is 1. The van der Waals surface area contributed by atoms with Crippen molar-refractivity contribution in [3.63, 3.8) is 0 Å². The second-order valence-electron chi connectivity index (χ2n) is 7.08. The molecule has 8 nitrogen and oxygen atoms in total. The number of rotatable bonds is 10. The third-order valence-corrected chi connectivity index (χ3v) is 4.82. The Morgan fingerprint density at radius 1 is 1.22 bits per heavy atom. The van der Waals surface area contributed by atoms with Crippen LogP contribution < -0.4 is 10.6 Å². The monoisotopic (exact) mass is 457 g/mol. The molecule has 0 amide bonds. The van der Waals surface area contributed by atoms with Crippen molar-refractivity contribution in [3.8, 4) is 0 Å². The van der Waals surface area contributed by atoms with E-state index in [1.165, 1.54) is 37.4 Å². The summed E-state index contributed by atoms with van der Waals surface area (Å²) in [6.07, 6.45) is -7.28. The molecule has 0 fully saturated rings. The highest BCUT2D eigenvalue weighted by Crippen LogP contribution is 2.35. The molecule has 0 saturated carbocycles. The lowest BCUT2D eigenvalue weighted by Crippen LogP contribution is -2.43. The minimum atomic E-state index is -4.54. The number of benzene rings is 1. The van der Waals surface area contributed by atoms with Gasteiger partial charge in [0.2, 0.25) is 0 Å². The van der Waals surface area contributed by atoms with Crippen LogP contribution in [0.4, 0.5) is 24.7 Å². The molecule has 3 atom stereocenters. The Bertz CT molecular complexity index is 910. The number of hydrogen-bond donors (Lipinski definition) is 5. The predicted octanol–water partition coefficient (Wildman–Crippen LogP) is 2.00. The summed E-state index contributed by atoms with van der Waals surface area (Å²) in [5.41, 5.74) is -0.867. The minimum Gasteiger partial charge on any atom is -0.456 e. The van der Waals surface area contributed by atoms with Crippen molar-refractivity contribution in [2.45, 2.75) is 37.8 Å². The van der Waals surface area contributed by atoms with Crippen LogP contribution in [0.25, 0.3) is 0 Å². The van der Waals surface area contributed by atoms with E-state index in [0.717, 1.165) is 6.07 Å². The molecule has 176 valence electrons. The Morgan fingerprint density at radius 2 is 1.94 bits per heavy atom. The van der Waals surface area contributed by atoms with Gasteiger partial charge >= 0.3 is 12.1 Å². The summed E-state index contributed by atoms with van der Waals surface area (Å²) in [6.45, 7) is 0.907. The molecule has 2 rings (SSSR count). The molecule has 0 unspecified atom stereocenters. The quantitative estimate of drug-likeness (QED) is 0.343. The number of hydrogen-bond acceptors (Lipinski definition) is 8. The van der Waals surface area contributed by atoms with Crippen LogP contribution in [0.3, 0.4) is 0 Å². The van der Waals surface area contributed by atoms with Crippen LogP contribution in [0.15, 0.2) is 36.5 Å². The van der Waals surface area contributed by atoms with Gasteiger partial charge in [0.15, 0.2) is 0 Å². The molecule has 5 N–H and O–H groups in total. The lowest BCUT2D eigenvalue weighted by Gasteiger charge is -2.26. The fraction of sp³-hybridized carbons (Fsp3) is 0.429. The van der Waals surface area contributed by atoms with Gasteiger partial charge < -0.3 is 30.7 Å². The summed E-state index contributed by atoms with van der Waals surface area (Å²) in [6, 6.07) is 6.42. The number of ether oxygens (including phenoxy) is 1. The fourth-order valence-corrected chi connectivity index (χ4v) is 3.02. The average molecular weight is 457 g/mol. The third-order valence-electron chi connectivity index (χ3n) is 4.82. The zero-order valence-corrected chi connectivity index (χ0v) is 17.6. The maximum absolute atomic E-state index is 13.2. The van der Waals surface area contributed by atoms with E-state index in [2.05, 4.69) is 15.6 Å². The van der Waals surface area contributed by atoms with Crippen LogP contribution in [-0.2, 0) is 10.9 Å². The van der Waals surface area contributed by atoms with Crippen molar-refractivity contribution >= 4 is 17.5 Å². The lowest BCUT2D eigenvalue weighted by molar-refractivity contribution is -0.138. The summed E-state index contributed by atoms with van der Waals surface area (Å²) in [7, 11) is 1.65. The Morgan fingerprint density at radius 3 is 2.56 bits per heavy atom. The van der Waals surface area contributed by atoms with E-state index in [1.807, 2.05) is 0 Å². The molecule has 0 aliphatic carbocycles. The number of alkyl halides is 3. The van der Waals surface area contributed by atoms with E-state index >= 15 is 0 Å². The molecule has 0 bridgehead atoms. The van der Waals surface area contributed by atoms with Gasteiger partial charge in [-0.3, -0.25) is 0 Å². The number of carbonyl (C=O) groups excluding carboxylic acids is 1. The van der Waals surface area contributed by atoms with Crippen molar-refractivity contribution < 1.29 is 38.0 Å². The van der Waals surface area contributed by atoms with Gasteiger partial charge in [-0.2, -0.15) is 13.2 Å². The highest BCUT2D eigenvalue weighted by Gasteiger charge is 2.33. The number of aliphatic hydroxyl groups excluding tert-OH is 3. The molecule has 32 heavy (non-hydrogen) atoms. The molecule has 0 aliphatic rings. The molecule has 0 spiro atoms. The summed E-state index contributed by atoms with van der Waals surface area (Å²) in [5.74, 6) is -0.944. The molecule has 1 aromatic heterocycles. The van der Waals surface area contributed by atoms with Crippen LogP contribution in [0.5, 0.6) is 0 Å². The SMILES string of the molecule is CNCC[C@@H](OC(=O)c1cccnc1Nc1cccc(C(F)(F)F)c1C)[C@@H](O)[C@H](O)CO. The van der Waals surface area contributed by atoms with Gasteiger partial charge in [0, 0.05) is 11.9 Å². The second kappa shape index (κ2) is 11.2. The first kappa shape index (κ1) is 25.5. The Hall–Kier alpha value is -2.73. The summed E-state index contributed by atoms with van der Waals surface area (Å²) < 4.78 is 45.0. The number of nitrogens with zero attached hydrogens (tertiary/aromatic N) is 1. The molecule has 2 aromatic rings. The van der Waals surface area contributed by atoms with Gasteiger partial charge in [-0.05, 0) is 56.8 Å². The summed E-state index contributed by atoms with van der Waals surface area (Å²) >= 11 is 0. The Kier molecular flexibility index (Phi) is 8.96. The number of esters is 1. The fourth-order valence-electron chi connectivity index (χ4n) is 3.02. The van der Waals surface area contributed by atoms with Crippen LogP contribution in [0.2, 0.25) is 0 Å². The van der Waals surface area contributed by atoms with Crippen molar-refractivity contribution in [3.05, 3.63) is 53.2 Å². The summed E-state index contributed by atoms with van der Waals surface area (Å²) in [5, 5.41) is 34.6. The maximum Gasteiger partial charge on any atom is 0.416 e. The Labute approximate surface area is 183 Å². The number of halogens is 3. The standard InChI is InChI=1S/C21H26F3N3O5/c1-12-14(21(22,23)24)6-3-7-15(12)27-19-13(5-4-9-26-19)20(31)32-17(8-10-25-2)18(30)16(29)11-28/h3-7,9,16-18,25,28-30H,8,10-11H2,1-2H3,(H,26,27)/t16-,17-,18+/m1/s1. The topological polar surface area (TPSA) is 124 Å². The van der Waals surface area contributed by atoms with E-state index in [-0.39, 0.29) is 29.1 Å². The largest absolute Gasteiger partial charge is 0.456 e. The molecule has 0 aliphatic heterocycles. The smallest absolute Gasteiger partial charge is 0.416 e. The minimum absolute atomic E-state index is 0.0375. The van der Waals surface area contributed by atoms with Crippen LogP contribution in [-0.4, -0.2) is 64.8 Å². The molecule has 0 radical (unpaired) electrons. The highest BCUT2D eigenvalue weighted by atomic mass is 19.4. The average Bonchev–Trinajstić information content (AvgIpc) is 2.76. The zero-order valence-electron chi connectivity index (χ0n) is 17.6. The zero-order chi connectivity index (χ0) is 23.9. The van der Waals surface area contributed by atoms with E-state index in [1.54, 1.807) is 7.05 Å². The first-order valence-corrected chi connectivity index (χ1v) is 9.81. The summed E-state index contributed by atoms with van der Waals surface area (Å²) in [4.78, 5) is 16.8. The van der Waals surface area contributed by atoms with Crippen molar-refractivity contribution in [2.75, 3.05) is 25.5 Å². The van der Waals surface area contributed by atoms with Crippen molar-refractivity contribution in [1.82, 2.24) is 10.3 Å². The number of nitrogens with one attached hydrogen (secondary N) is 2. The van der Waals surface area contributed by atoms with Gasteiger partial charge in [-0.15, -0.1) is 0 Å². The molecule has 1 heterocycles. The number of carbonyl (C=O) groups is 1. The number of aliphatic hydroxyl groups is 3. The third kappa shape index (κ3) is 6.39. The van der Waals surface area contributed by atoms with Gasteiger partial charge in [0.05, 0.1) is 12.2 Å². The first-order valence-electron chi connectivity index (χ1n) is 9.81.